The molecule has 1 aliphatic heterocycles. The van der Waals surface area contributed by atoms with Crippen molar-refractivity contribution in [1.82, 2.24) is 14.8 Å². The third-order valence-electron chi connectivity index (χ3n) is 3.38. The third-order valence-corrected chi connectivity index (χ3v) is 4.06. The van der Waals surface area contributed by atoms with Crippen LogP contribution in [0.15, 0.2) is 12.3 Å². The Morgan fingerprint density at radius 3 is 2.42 bits per heavy atom. The van der Waals surface area contributed by atoms with Gasteiger partial charge in [-0.25, -0.2) is 4.98 Å². The summed E-state index contributed by atoms with van der Waals surface area (Å²) in [6, 6.07) is 2.09. The van der Waals surface area contributed by atoms with Crippen LogP contribution in [-0.4, -0.2) is 52.9 Å². The minimum atomic E-state index is -0.0329. The lowest BCUT2D eigenvalue weighted by Crippen LogP contribution is -2.50. The molecule has 0 spiro atoms. The molecule has 2 rings (SSSR count). The molecule has 1 fully saturated rings. The fraction of sp³-hybridized carbons (Fsp3) is 0.538. The maximum Gasteiger partial charge on any atom is 0.255 e. The molecule has 1 amide bonds. The van der Waals surface area contributed by atoms with Crippen molar-refractivity contribution < 1.29 is 4.79 Å². The minimum Gasteiger partial charge on any atom is -0.336 e. The second-order valence-corrected chi connectivity index (χ2v) is 5.68. The molecule has 1 aromatic rings. The van der Waals surface area contributed by atoms with Crippen LogP contribution < -0.4 is 0 Å². The lowest BCUT2D eigenvalue weighted by molar-refractivity contribution is 0.0595. The molecule has 0 aromatic carbocycles. The van der Waals surface area contributed by atoms with Gasteiger partial charge in [0.25, 0.3) is 5.91 Å². The van der Waals surface area contributed by atoms with Crippen molar-refractivity contribution in [3.05, 3.63) is 28.0 Å². The van der Waals surface area contributed by atoms with Crippen LogP contribution in [0.1, 0.15) is 24.2 Å². The Hall–Kier alpha value is -0.840. The van der Waals surface area contributed by atoms with E-state index in [2.05, 4.69) is 23.7 Å². The summed E-state index contributed by atoms with van der Waals surface area (Å²) in [4.78, 5) is 20.4. The number of carbonyl (C=O) groups excluding carboxylic acids is 1. The van der Waals surface area contributed by atoms with Crippen molar-refractivity contribution in [2.24, 2.45) is 0 Å². The summed E-state index contributed by atoms with van der Waals surface area (Å²) in [5.41, 5.74) is 0.493. The Morgan fingerprint density at radius 2 is 1.89 bits per heavy atom. The van der Waals surface area contributed by atoms with Crippen molar-refractivity contribution in [3.63, 3.8) is 0 Å². The van der Waals surface area contributed by atoms with Crippen LogP contribution >= 0.6 is 23.2 Å². The molecule has 1 aliphatic rings. The first-order valence-electron chi connectivity index (χ1n) is 6.33. The summed E-state index contributed by atoms with van der Waals surface area (Å²) in [5.74, 6) is -0.0329. The number of aromatic nitrogens is 1. The van der Waals surface area contributed by atoms with E-state index in [0.29, 0.717) is 16.6 Å². The number of amides is 1. The smallest absolute Gasteiger partial charge is 0.255 e. The first-order valence-corrected chi connectivity index (χ1v) is 7.09. The number of pyridine rings is 1. The molecule has 0 saturated carbocycles. The highest BCUT2D eigenvalue weighted by molar-refractivity contribution is 6.41. The number of piperazine rings is 1. The zero-order valence-corrected chi connectivity index (χ0v) is 12.6. The average molecular weight is 302 g/mol. The van der Waals surface area contributed by atoms with Crippen LogP contribution in [-0.2, 0) is 0 Å². The summed E-state index contributed by atoms with van der Waals surface area (Å²) in [5, 5.41) is 0.538. The fourth-order valence-electron chi connectivity index (χ4n) is 2.16. The number of halogens is 2. The van der Waals surface area contributed by atoms with Crippen LogP contribution in [0.25, 0.3) is 0 Å². The van der Waals surface area contributed by atoms with E-state index in [1.54, 1.807) is 6.07 Å². The molecule has 0 aliphatic carbocycles. The first-order chi connectivity index (χ1) is 8.99. The second-order valence-electron chi connectivity index (χ2n) is 4.92. The van der Waals surface area contributed by atoms with E-state index < -0.39 is 0 Å². The molecule has 4 nitrogen and oxygen atoms in total. The van der Waals surface area contributed by atoms with E-state index in [1.165, 1.54) is 6.20 Å². The molecule has 0 atom stereocenters. The number of carbonyl (C=O) groups is 1. The van der Waals surface area contributed by atoms with Gasteiger partial charge in [-0.15, -0.1) is 0 Å². The molecule has 0 bridgehead atoms. The summed E-state index contributed by atoms with van der Waals surface area (Å²) in [6.45, 7) is 7.60. The number of hydrogen-bond donors (Lipinski definition) is 0. The zero-order valence-electron chi connectivity index (χ0n) is 11.1. The molecule has 19 heavy (non-hydrogen) atoms. The SMILES string of the molecule is CC(C)N1CCN(C(=O)c2cnc(Cl)c(Cl)c2)CC1. The summed E-state index contributed by atoms with van der Waals surface area (Å²) >= 11 is 11.6. The van der Waals surface area contributed by atoms with Gasteiger partial charge in [0.2, 0.25) is 0 Å². The predicted molar refractivity (Wildman–Crippen MR) is 76.9 cm³/mol. The lowest BCUT2D eigenvalue weighted by Gasteiger charge is -2.36. The van der Waals surface area contributed by atoms with E-state index in [-0.39, 0.29) is 11.1 Å². The van der Waals surface area contributed by atoms with E-state index in [0.717, 1.165) is 26.2 Å². The quantitative estimate of drug-likeness (QED) is 0.788. The second kappa shape index (κ2) is 6.07. The number of nitrogens with zero attached hydrogens (tertiary/aromatic N) is 3. The van der Waals surface area contributed by atoms with Gasteiger partial charge in [-0.05, 0) is 19.9 Å². The highest BCUT2D eigenvalue weighted by atomic mass is 35.5. The van der Waals surface area contributed by atoms with Crippen molar-refractivity contribution in [1.29, 1.82) is 0 Å². The van der Waals surface area contributed by atoms with Crippen molar-refractivity contribution in [2.45, 2.75) is 19.9 Å². The Morgan fingerprint density at radius 1 is 1.26 bits per heavy atom. The monoisotopic (exact) mass is 301 g/mol. The highest BCUT2D eigenvalue weighted by Crippen LogP contribution is 2.21. The molecular formula is C13H17Cl2N3O. The Labute approximate surface area is 123 Å². The van der Waals surface area contributed by atoms with Crippen LogP contribution in [0.5, 0.6) is 0 Å². The molecule has 104 valence electrons. The molecular weight excluding hydrogens is 285 g/mol. The third kappa shape index (κ3) is 3.38. The number of hydrogen-bond acceptors (Lipinski definition) is 3. The Bertz CT molecular complexity index is 471. The Kier molecular flexibility index (Phi) is 4.66. The van der Waals surface area contributed by atoms with Crippen molar-refractivity contribution >= 4 is 29.1 Å². The zero-order chi connectivity index (χ0) is 14.0. The summed E-state index contributed by atoms with van der Waals surface area (Å²) < 4.78 is 0. The van der Waals surface area contributed by atoms with E-state index in [1.807, 2.05) is 4.90 Å². The normalized spacial score (nSPS) is 17.0. The van der Waals surface area contributed by atoms with Gasteiger partial charge in [0.15, 0.2) is 0 Å². The minimum absolute atomic E-state index is 0.0329. The lowest BCUT2D eigenvalue weighted by atomic mass is 10.2. The molecule has 0 radical (unpaired) electrons. The van der Waals surface area contributed by atoms with E-state index >= 15 is 0 Å². The van der Waals surface area contributed by atoms with Gasteiger partial charge in [-0.1, -0.05) is 23.2 Å². The topological polar surface area (TPSA) is 36.4 Å². The number of rotatable bonds is 2. The van der Waals surface area contributed by atoms with Gasteiger partial charge in [0, 0.05) is 38.4 Å². The van der Waals surface area contributed by atoms with Crippen molar-refractivity contribution in [3.8, 4) is 0 Å². The maximum absolute atomic E-state index is 12.3. The fourth-order valence-corrected chi connectivity index (χ4v) is 2.43. The molecule has 6 heteroatoms. The molecule has 1 aromatic heterocycles. The standard InChI is InChI=1S/C13H17Cl2N3O/c1-9(2)17-3-5-18(6-4-17)13(19)10-7-11(14)12(15)16-8-10/h7-9H,3-6H2,1-2H3. The first kappa shape index (κ1) is 14.6. The molecule has 2 heterocycles. The van der Waals surface area contributed by atoms with Gasteiger partial charge in [0.05, 0.1) is 10.6 Å². The van der Waals surface area contributed by atoms with Crippen LogP contribution in [0, 0.1) is 0 Å². The van der Waals surface area contributed by atoms with Gasteiger partial charge >= 0.3 is 0 Å². The predicted octanol–water partition coefficient (Wildman–Crippen LogP) is 2.55. The highest BCUT2D eigenvalue weighted by Gasteiger charge is 2.23. The average Bonchev–Trinajstić information content (AvgIpc) is 2.41. The summed E-state index contributed by atoms with van der Waals surface area (Å²) in [7, 11) is 0. The van der Waals surface area contributed by atoms with Gasteiger partial charge in [-0.3, -0.25) is 9.69 Å². The molecule has 0 unspecified atom stereocenters. The molecule has 0 N–H and O–H groups in total. The van der Waals surface area contributed by atoms with Gasteiger partial charge in [0.1, 0.15) is 5.15 Å². The van der Waals surface area contributed by atoms with Gasteiger partial charge in [-0.2, -0.15) is 0 Å². The molecule has 1 saturated heterocycles. The largest absolute Gasteiger partial charge is 0.336 e. The summed E-state index contributed by atoms with van der Waals surface area (Å²) in [6.07, 6.45) is 1.48. The van der Waals surface area contributed by atoms with Crippen molar-refractivity contribution in [2.75, 3.05) is 26.2 Å². The van der Waals surface area contributed by atoms with Gasteiger partial charge < -0.3 is 4.90 Å². The van der Waals surface area contributed by atoms with Crippen LogP contribution in [0.3, 0.4) is 0 Å². The van der Waals surface area contributed by atoms with E-state index in [4.69, 9.17) is 23.2 Å². The van der Waals surface area contributed by atoms with E-state index in [9.17, 15) is 4.79 Å². The maximum atomic E-state index is 12.3. The van der Waals surface area contributed by atoms with Crippen LogP contribution in [0.2, 0.25) is 10.2 Å². The Balaban J connectivity index is 2.03. The van der Waals surface area contributed by atoms with Crippen LogP contribution in [0.4, 0.5) is 0 Å².